The molecular weight excluding hydrogens is 296 g/mol. The summed E-state index contributed by atoms with van der Waals surface area (Å²) in [6.45, 7) is 3.38. The Morgan fingerprint density at radius 1 is 1.00 bits per heavy atom. The van der Waals surface area contributed by atoms with E-state index in [1.807, 2.05) is 53.2 Å². The van der Waals surface area contributed by atoms with Crippen LogP contribution in [0.15, 0.2) is 73.3 Å². The normalized spacial score (nSPS) is 16.5. The van der Waals surface area contributed by atoms with Crippen molar-refractivity contribution in [2.24, 2.45) is 0 Å². The summed E-state index contributed by atoms with van der Waals surface area (Å²) in [5.74, 6) is 2.03. The molecule has 4 nitrogen and oxygen atoms in total. The Morgan fingerprint density at radius 2 is 1.71 bits per heavy atom. The largest absolute Gasteiger partial charge is 0.354 e. The van der Waals surface area contributed by atoms with E-state index in [1.165, 1.54) is 19.3 Å². The Hall–Kier alpha value is -2.62. The molecule has 124 valence electrons. The second kappa shape index (κ2) is 8.29. The SMILES string of the molecule is CCC1CCCN1c1cccc(-n2ccnc2)n1.c1ccccc1. The van der Waals surface area contributed by atoms with Gasteiger partial charge in [0, 0.05) is 25.0 Å². The minimum absolute atomic E-state index is 0.649. The van der Waals surface area contributed by atoms with E-state index in [0.717, 1.165) is 18.2 Å². The molecule has 1 saturated heterocycles. The van der Waals surface area contributed by atoms with Crippen LogP contribution in [0.5, 0.6) is 0 Å². The van der Waals surface area contributed by atoms with Crippen molar-refractivity contribution in [2.45, 2.75) is 32.2 Å². The van der Waals surface area contributed by atoms with Gasteiger partial charge in [0.2, 0.25) is 0 Å². The van der Waals surface area contributed by atoms with E-state index in [4.69, 9.17) is 4.98 Å². The maximum Gasteiger partial charge on any atom is 0.140 e. The topological polar surface area (TPSA) is 34.0 Å². The zero-order chi connectivity index (χ0) is 16.6. The van der Waals surface area contributed by atoms with Gasteiger partial charge in [-0.1, -0.05) is 49.4 Å². The molecule has 3 heterocycles. The highest BCUT2D eigenvalue weighted by atomic mass is 15.2. The molecule has 0 radical (unpaired) electrons. The molecule has 0 amide bonds. The summed E-state index contributed by atoms with van der Waals surface area (Å²) in [4.78, 5) is 11.2. The van der Waals surface area contributed by atoms with E-state index >= 15 is 0 Å². The quantitative estimate of drug-likeness (QED) is 0.720. The minimum atomic E-state index is 0.649. The predicted octanol–water partition coefficient (Wildman–Crippen LogP) is 4.33. The van der Waals surface area contributed by atoms with E-state index in [0.29, 0.717) is 6.04 Å². The summed E-state index contributed by atoms with van der Waals surface area (Å²) in [5, 5.41) is 0. The van der Waals surface area contributed by atoms with Crippen LogP contribution in [0.25, 0.3) is 5.82 Å². The third kappa shape index (κ3) is 4.02. The first-order valence-electron chi connectivity index (χ1n) is 8.60. The van der Waals surface area contributed by atoms with Crippen LogP contribution in [0.3, 0.4) is 0 Å². The molecule has 0 bridgehead atoms. The molecule has 0 aliphatic carbocycles. The number of imidazole rings is 1. The molecule has 1 aromatic carbocycles. The van der Waals surface area contributed by atoms with Crippen molar-refractivity contribution in [1.29, 1.82) is 0 Å². The summed E-state index contributed by atoms with van der Waals surface area (Å²) in [7, 11) is 0. The Bertz CT molecular complexity index is 683. The fourth-order valence-electron chi connectivity index (χ4n) is 3.06. The van der Waals surface area contributed by atoms with E-state index in [9.17, 15) is 0 Å². The number of benzene rings is 1. The van der Waals surface area contributed by atoms with Gasteiger partial charge >= 0.3 is 0 Å². The maximum atomic E-state index is 4.74. The molecule has 1 fully saturated rings. The third-order valence-electron chi connectivity index (χ3n) is 4.30. The summed E-state index contributed by atoms with van der Waals surface area (Å²) in [6.07, 6.45) is 9.24. The van der Waals surface area contributed by atoms with Crippen LogP contribution in [0.2, 0.25) is 0 Å². The Kier molecular flexibility index (Phi) is 5.61. The molecule has 4 rings (SSSR count). The lowest BCUT2D eigenvalue weighted by molar-refractivity contribution is 0.640. The van der Waals surface area contributed by atoms with E-state index in [1.54, 1.807) is 12.5 Å². The molecule has 0 saturated carbocycles. The van der Waals surface area contributed by atoms with E-state index < -0.39 is 0 Å². The van der Waals surface area contributed by atoms with Crippen molar-refractivity contribution in [3.8, 4) is 5.82 Å². The molecule has 1 atom stereocenters. The van der Waals surface area contributed by atoms with Gasteiger partial charge in [-0.2, -0.15) is 0 Å². The fourth-order valence-corrected chi connectivity index (χ4v) is 3.06. The highest BCUT2D eigenvalue weighted by Gasteiger charge is 2.23. The molecule has 2 aromatic heterocycles. The molecule has 1 aliphatic heterocycles. The lowest BCUT2D eigenvalue weighted by atomic mass is 10.2. The van der Waals surface area contributed by atoms with Crippen LogP contribution in [0.4, 0.5) is 5.82 Å². The average molecular weight is 320 g/mol. The Balaban J connectivity index is 0.000000238. The highest BCUT2D eigenvalue weighted by Crippen LogP contribution is 2.26. The number of nitrogens with zero attached hydrogens (tertiary/aromatic N) is 4. The zero-order valence-electron chi connectivity index (χ0n) is 14.1. The molecule has 1 unspecified atom stereocenters. The van der Waals surface area contributed by atoms with Gasteiger partial charge in [0.05, 0.1) is 0 Å². The number of hydrogen-bond acceptors (Lipinski definition) is 3. The summed E-state index contributed by atoms with van der Waals surface area (Å²) >= 11 is 0. The van der Waals surface area contributed by atoms with Crippen LogP contribution in [-0.4, -0.2) is 27.1 Å². The van der Waals surface area contributed by atoms with Gasteiger partial charge < -0.3 is 4.90 Å². The van der Waals surface area contributed by atoms with Crippen molar-refractivity contribution in [2.75, 3.05) is 11.4 Å². The lowest BCUT2D eigenvalue weighted by Gasteiger charge is -2.25. The second-order valence-electron chi connectivity index (χ2n) is 5.88. The molecule has 3 aromatic rings. The lowest BCUT2D eigenvalue weighted by Crippen LogP contribution is -2.29. The number of aromatic nitrogens is 3. The van der Waals surface area contributed by atoms with Gasteiger partial charge in [-0.15, -0.1) is 0 Å². The van der Waals surface area contributed by atoms with Crippen molar-refractivity contribution in [1.82, 2.24) is 14.5 Å². The molecule has 0 spiro atoms. The first-order valence-corrected chi connectivity index (χ1v) is 8.60. The standard InChI is InChI=1S/C14H18N4.C6H6/c1-2-12-5-4-9-18(12)14-7-3-6-13(16-14)17-10-8-15-11-17;1-2-4-6-5-3-1/h3,6-8,10-12H,2,4-5,9H2,1H3;1-6H. The smallest absolute Gasteiger partial charge is 0.140 e. The van der Waals surface area contributed by atoms with E-state index in [-0.39, 0.29) is 0 Å². The predicted molar refractivity (Wildman–Crippen MR) is 98.5 cm³/mol. The van der Waals surface area contributed by atoms with Crippen LogP contribution >= 0.6 is 0 Å². The zero-order valence-corrected chi connectivity index (χ0v) is 14.1. The average Bonchev–Trinajstić information content (AvgIpc) is 3.35. The van der Waals surface area contributed by atoms with Gasteiger partial charge in [0.1, 0.15) is 18.0 Å². The third-order valence-corrected chi connectivity index (χ3v) is 4.30. The van der Waals surface area contributed by atoms with Gasteiger partial charge in [0.15, 0.2) is 0 Å². The van der Waals surface area contributed by atoms with Crippen molar-refractivity contribution in [3.63, 3.8) is 0 Å². The maximum absolute atomic E-state index is 4.74. The Morgan fingerprint density at radius 3 is 2.33 bits per heavy atom. The minimum Gasteiger partial charge on any atom is -0.354 e. The molecular formula is C20H24N4. The number of anilines is 1. The summed E-state index contributed by atoms with van der Waals surface area (Å²) < 4.78 is 1.94. The van der Waals surface area contributed by atoms with E-state index in [2.05, 4.69) is 28.9 Å². The van der Waals surface area contributed by atoms with Crippen LogP contribution in [-0.2, 0) is 0 Å². The molecule has 4 heteroatoms. The second-order valence-corrected chi connectivity index (χ2v) is 5.88. The number of hydrogen-bond donors (Lipinski definition) is 0. The van der Waals surface area contributed by atoms with Gasteiger partial charge in [0.25, 0.3) is 0 Å². The first-order chi connectivity index (χ1) is 11.9. The van der Waals surface area contributed by atoms with Gasteiger partial charge in [-0.3, -0.25) is 4.57 Å². The molecule has 1 aliphatic rings. The van der Waals surface area contributed by atoms with Crippen LogP contribution < -0.4 is 4.90 Å². The van der Waals surface area contributed by atoms with Gasteiger partial charge in [-0.25, -0.2) is 9.97 Å². The fraction of sp³-hybridized carbons (Fsp3) is 0.300. The highest BCUT2D eigenvalue weighted by molar-refractivity contribution is 5.44. The monoisotopic (exact) mass is 320 g/mol. The molecule has 24 heavy (non-hydrogen) atoms. The summed E-state index contributed by atoms with van der Waals surface area (Å²) in [6, 6.07) is 18.8. The van der Waals surface area contributed by atoms with Gasteiger partial charge in [-0.05, 0) is 31.4 Å². The molecule has 0 N–H and O–H groups in total. The van der Waals surface area contributed by atoms with Crippen molar-refractivity contribution >= 4 is 5.82 Å². The number of pyridine rings is 1. The summed E-state index contributed by atoms with van der Waals surface area (Å²) in [5.41, 5.74) is 0. The Labute approximate surface area is 143 Å². The number of rotatable bonds is 3. The first kappa shape index (κ1) is 16.2. The van der Waals surface area contributed by atoms with Crippen LogP contribution in [0.1, 0.15) is 26.2 Å². The van der Waals surface area contributed by atoms with Crippen molar-refractivity contribution < 1.29 is 0 Å². The van der Waals surface area contributed by atoms with Crippen molar-refractivity contribution in [3.05, 3.63) is 73.3 Å². The van der Waals surface area contributed by atoms with Crippen LogP contribution in [0, 0.1) is 0 Å².